The lowest BCUT2D eigenvalue weighted by Gasteiger charge is -2.20. The Morgan fingerprint density at radius 1 is 0.971 bits per heavy atom. The van der Waals surface area contributed by atoms with Gasteiger partial charge in [-0.25, -0.2) is 4.79 Å². The van der Waals surface area contributed by atoms with Crippen LogP contribution < -0.4 is 0 Å². The topological polar surface area (TPSA) is 116 Å². The highest BCUT2D eigenvalue weighted by Crippen LogP contribution is 2.30. The molecule has 0 aromatic heterocycles. The number of rotatable bonds is 10. The number of carbonyl (C=O) groups excluding carboxylic acids is 1. The fourth-order valence-corrected chi connectivity index (χ4v) is 3.77. The molecule has 0 aliphatic rings. The van der Waals surface area contributed by atoms with Gasteiger partial charge in [0.1, 0.15) is 0 Å². The zero-order chi connectivity index (χ0) is 24.0. The molecule has 0 aliphatic carbocycles. The number of esters is 1. The van der Waals surface area contributed by atoms with Crippen molar-refractivity contribution in [3.8, 4) is 0 Å². The van der Waals surface area contributed by atoms with E-state index in [1.165, 1.54) is 0 Å². The number of ether oxygens (including phenoxy) is 1. The van der Waals surface area contributed by atoms with Crippen LogP contribution >= 0.6 is 12.4 Å². The van der Waals surface area contributed by atoms with Crippen LogP contribution in [-0.4, -0.2) is 48.0 Å². The molecular weight excluding hydrogens is 462 g/mol. The summed E-state index contributed by atoms with van der Waals surface area (Å²) in [4.78, 5) is 35.5. The first kappa shape index (κ1) is 26.7. The highest BCUT2D eigenvalue weighted by Gasteiger charge is 2.22. The highest BCUT2D eigenvalue weighted by atomic mass is 35.5. The van der Waals surface area contributed by atoms with E-state index in [0.29, 0.717) is 0 Å². The molecule has 0 amide bonds. The van der Waals surface area contributed by atoms with Crippen LogP contribution in [0.25, 0.3) is 10.8 Å². The molecule has 3 aromatic carbocycles. The first-order chi connectivity index (χ1) is 15.8. The van der Waals surface area contributed by atoms with Crippen molar-refractivity contribution < 1.29 is 19.4 Å². The smallest absolute Gasteiger partial charge is 0.338 e. The molecule has 34 heavy (non-hydrogen) atoms. The summed E-state index contributed by atoms with van der Waals surface area (Å²) in [5.74, 6) is -0.937. The summed E-state index contributed by atoms with van der Waals surface area (Å²) in [6, 6.07) is 16.7. The van der Waals surface area contributed by atoms with Crippen LogP contribution in [0.2, 0.25) is 0 Å². The fraction of sp³-hybridized carbons (Fsp3) is 0.292. The van der Waals surface area contributed by atoms with Crippen molar-refractivity contribution in [1.29, 1.82) is 0 Å². The van der Waals surface area contributed by atoms with E-state index >= 15 is 0 Å². The first-order valence-electron chi connectivity index (χ1n) is 10.5. The van der Waals surface area contributed by atoms with E-state index in [4.69, 9.17) is 4.74 Å². The second-order valence-corrected chi connectivity index (χ2v) is 8.06. The van der Waals surface area contributed by atoms with Crippen LogP contribution in [0.4, 0.5) is 11.4 Å². The van der Waals surface area contributed by atoms with Gasteiger partial charge in [-0.05, 0) is 49.8 Å². The summed E-state index contributed by atoms with van der Waals surface area (Å²) >= 11 is 0. The fourth-order valence-electron chi connectivity index (χ4n) is 3.77. The normalized spacial score (nSPS) is 11.6. The molecule has 3 rings (SSSR count). The highest BCUT2D eigenvalue weighted by molar-refractivity contribution is 5.91. The number of nitro benzene ring substituents is 2. The summed E-state index contributed by atoms with van der Waals surface area (Å²) in [6.07, 6.45) is 1.63. The van der Waals surface area contributed by atoms with Gasteiger partial charge in [-0.3, -0.25) is 20.2 Å². The molecule has 0 fully saturated rings. The number of benzene rings is 3. The van der Waals surface area contributed by atoms with E-state index in [1.807, 2.05) is 56.6 Å². The van der Waals surface area contributed by atoms with Crippen molar-refractivity contribution in [2.75, 3.05) is 27.2 Å². The summed E-state index contributed by atoms with van der Waals surface area (Å²) < 4.78 is 5.52. The van der Waals surface area contributed by atoms with Crippen LogP contribution in [0, 0.1) is 20.2 Å². The van der Waals surface area contributed by atoms with Crippen LogP contribution in [0.1, 0.15) is 34.7 Å². The standard InChI is InChI=1S/C24H25N3O6.ClH/c1-25(2)12-6-9-18(23-11-5-8-17-7-3-4-10-22(17)23)16-33-24(28)19-13-20(26(29)30)15-21(14-19)27(31)32;/h3-5,7-8,10-11,13-15,18H,6,9,12,16H2,1-2H3;1H. The lowest BCUT2D eigenvalue weighted by Crippen LogP contribution is -2.17. The van der Waals surface area contributed by atoms with Gasteiger partial charge in [0.05, 0.1) is 28.1 Å². The largest absolute Gasteiger partial charge is 0.461 e. The lowest BCUT2D eigenvalue weighted by molar-refractivity contribution is -0.394. The van der Waals surface area contributed by atoms with Gasteiger partial charge in [0.15, 0.2) is 0 Å². The van der Waals surface area contributed by atoms with Crippen molar-refractivity contribution >= 4 is 40.5 Å². The van der Waals surface area contributed by atoms with Crippen LogP contribution in [0.15, 0.2) is 60.7 Å². The van der Waals surface area contributed by atoms with E-state index in [2.05, 4.69) is 4.90 Å². The molecule has 180 valence electrons. The Bertz CT molecular complexity index is 1150. The number of carbonyl (C=O) groups is 1. The number of nitro groups is 2. The predicted octanol–water partition coefficient (Wildman–Crippen LogP) is 5.36. The average molecular weight is 488 g/mol. The molecule has 9 nitrogen and oxygen atoms in total. The average Bonchev–Trinajstić information content (AvgIpc) is 2.80. The van der Waals surface area contributed by atoms with Crippen molar-refractivity contribution in [3.63, 3.8) is 0 Å². The molecule has 0 bridgehead atoms. The minimum atomic E-state index is -0.834. The second kappa shape index (κ2) is 12.1. The summed E-state index contributed by atoms with van der Waals surface area (Å²) in [5, 5.41) is 24.4. The molecule has 0 saturated heterocycles. The maximum Gasteiger partial charge on any atom is 0.338 e. The Kier molecular flexibility index (Phi) is 9.47. The van der Waals surface area contributed by atoms with Gasteiger partial charge in [-0.15, -0.1) is 12.4 Å². The number of non-ortho nitro benzene ring substituents is 2. The number of nitrogens with zero attached hydrogens (tertiary/aromatic N) is 3. The maximum absolute atomic E-state index is 12.7. The molecule has 0 spiro atoms. The second-order valence-electron chi connectivity index (χ2n) is 8.06. The van der Waals surface area contributed by atoms with Crippen molar-refractivity contribution in [1.82, 2.24) is 4.90 Å². The van der Waals surface area contributed by atoms with E-state index in [9.17, 15) is 25.0 Å². The van der Waals surface area contributed by atoms with Gasteiger partial charge in [0.25, 0.3) is 11.4 Å². The van der Waals surface area contributed by atoms with Crippen molar-refractivity contribution in [3.05, 3.63) is 92.0 Å². The Labute approximate surface area is 203 Å². The van der Waals surface area contributed by atoms with Crippen molar-refractivity contribution in [2.45, 2.75) is 18.8 Å². The summed E-state index contributed by atoms with van der Waals surface area (Å²) in [6.45, 7) is 0.920. The SMILES string of the molecule is CN(C)CCCC(COC(=O)c1cc([N+](=O)[O-])cc([N+](=O)[O-])c1)c1cccc2ccccc12.Cl. The predicted molar refractivity (Wildman–Crippen MR) is 132 cm³/mol. The number of halogens is 1. The molecule has 0 N–H and O–H groups in total. The molecule has 3 aromatic rings. The Hall–Kier alpha value is -3.56. The van der Waals surface area contributed by atoms with Crippen LogP contribution in [-0.2, 0) is 4.74 Å². The van der Waals surface area contributed by atoms with Crippen LogP contribution in [0.3, 0.4) is 0 Å². The summed E-state index contributed by atoms with van der Waals surface area (Å²) in [7, 11) is 3.98. The van der Waals surface area contributed by atoms with Gasteiger partial charge >= 0.3 is 5.97 Å². The Morgan fingerprint density at radius 2 is 1.59 bits per heavy atom. The van der Waals surface area contributed by atoms with E-state index in [-0.39, 0.29) is 30.5 Å². The van der Waals surface area contributed by atoms with Gasteiger partial charge in [0, 0.05) is 18.1 Å². The van der Waals surface area contributed by atoms with E-state index in [1.54, 1.807) is 0 Å². The van der Waals surface area contributed by atoms with Crippen LogP contribution in [0.5, 0.6) is 0 Å². The minimum absolute atomic E-state index is 0. The number of hydrogen-bond donors (Lipinski definition) is 0. The van der Waals surface area contributed by atoms with E-state index in [0.717, 1.165) is 53.9 Å². The third-order valence-corrected chi connectivity index (χ3v) is 5.40. The Balaban J connectivity index is 0.00000408. The molecular formula is C24H26ClN3O6. The zero-order valence-corrected chi connectivity index (χ0v) is 19.7. The van der Waals surface area contributed by atoms with Gasteiger partial charge in [-0.2, -0.15) is 0 Å². The number of hydrogen-bond acceptors (Lipinski definition) is 7. The molecule has 10 heteroatoms. The molecule has 0 aliphatic heterocycles. The van der Waals surface area contributed by atoms with Gasteiger partial charge in [-0.1, -0.05) is 42.5 Å². The molecule has 1 unspecified atom stereocenters. The van der Waals surface area contributed by atoms with Gasteiger partial charge < -0.3 is 9.64 Å². The third kappa shape index (κ3) is 6.72. The number of fused-ring (bicyclic) bond motifs is 1. The molecule has 1 atom stereocenters. The van der Waals surface area contributed by atoms with Crippen molar-refractivity contribution in [2.24, 2.45) is 0 Å². The first-order valence-corrected chi connectivity index (χ1v) is 10.5. The van der Waals surface area contributed by atoms with Gasteiger partial charge in [0.2, 0.25) is 0 Å². The monoisotopic (exact) mass is 487 g/mol. The molecule has 0 saturated carbocycles. The third-order valence-electron chi connectivity index (χ3n) is 5.40. The lowest BCUT2D eigenvalue weighted by atomic mass is 9.90. The Morgan fingerprint density at radius 3 is 2.21 bits per heavy atom. The zero-order valence-electron chi connectivity index (χ0n) is 18.9. The quantitative estimate of drug-likeness (QED) is 0.214. The molecule has 0 radical (unpaired) electrons. The minimum Gasteiger partial charge on any atom is -0.461 e. The maximum atomic E-state index is 12.7. The summed E-state index contributed by atoms with van der Waals surface area (Å²) in [5.41, 5.74) is -0.244. The van der Waals surface area contributed by atoms with E-state index < -0.39 is 27.2 Å². The molecule has 0 heterocycles.